The Bertz CT molecular complexity index is 1010. The Kier molecular flexibility index (Phi) is 8.34. The van der Waals surface area contributed by atoms with Crippen LogP contribution in [0, 0.1) is 32.6 Å². The van der Waals surface area contributed by atoms with Crippen LogP contribution in [0.5, 0.6) is 0 Å². The molecule has 0 saturated heterocycles. The van der Waals surface area contributed by atoms with Gasteiger partial charge in [0, 0.05) is 0 Å². The molecule has 0 unspecified atom stereocenters. The predicted molar refractivity (Wildman–Crippen MR) is 115 cm³/mol. The van der Waals surface area contributed by atoms with Crippen LogP contribution in [0.1, 0.15) is 11.1 Å². The number of aromatic nitrogens is 1. The monoisotopic (exact) mass is 418 g/mol. The summed E-state index contributed by atoms with van der Waals surface area (Å²) in [6.45, 7) is 10.8. The first-order valence-electron chi connectivity index (χ1n) is 9.04. The number of para-hydroxylation sites is 1. The summed E-state index contributed by atoms with van der Waals surface area (Å²) in [7, 11) is 0. The number of hydrogen-bond acceptors (Lipinski definition) is 1. The average molecular weight is 419 g/mol. The molecule has 1 aromatic heterocycles. The number of nitrogens with zero attached hydrogens (tertiary/aromatic N) is 2. The molecule has 0 aliphatic heterocycles. The van der Waals surface area contributed by atoms with Crippen LogP contribution >= 0.6 is 0 Å². The Morgan fingerprint density at radius 1 is 0.690 bits per heavy atom. The second-order valence-corrected chi connectivity index (χ2v) is 6.31. The first-order valence-corrected chi connectivity index (χ1v) is 9.04. The number of hydrogen-bond donors (Lipinski definition) is 0. The topological polar surface area (TPSA) is 17.2 Å². The molecule has 143 valence electrons. The SMILES string of the molecule is [C-]#[N+]c1c(C)cccc1C.[Ni+3].[c-]1ccccc1-c1cccc(-c2[c-]cccc2)n1. The molecule has 0 spiro atoms. The van der Waals surface area contributed by atoms with Gasteiger partial charge in [-0.15, -0.1) is 71.8 Å². The normalized spacial score (nSPS) is 9.41. The third-order valence-corrected chi connectivity index (χ3v) is 4.27. The zero-order valence-electron chi connectivity index (χ0n) is 16.3. The van der Waals surface area contributed by atoms with Gasteiger partial charge >= 0.3 is 16.5 Å². The molecule has 0 atom stereocenters. The molecule has 0 aliphatic rings. The van der Waals surface area contributed by atoms with Crippen molar-refractivity contribution in [2.75, 3.05) is 0 Å². The number of rotatable bonds is 2. The van der Waals surface area contributed by atoms with E-state index in [4.69, 9.17) is 6.57 Å². The standard InChI is InChI=1S/C17H11N.C9H9N.Ni/c1-3-8-14(9-4-1)16-12-7-13-17(18-16)15-10-5-2-6-11-15;1-7-5-4-6-8(2)9(7)10-3;/h1-8,10,12-13H;4-6H,1-2H3;/q-2;;+3. The largest absolute Gasteiger partial charge is 3.00 e. The fraction of sp³-hybridized carbons (Fsp3) is 0.0769. The summed E-state index contributed by atoms with van der Waals surface area (Å²) < 4.78 is 0. The molecular weight excluding hydrogens is 399 g/mol. The molecule has 0 amide bonds. The minimum absolute atomic E-state index is 0. The quantitative estimate of drug-likeness (QED) is 0.256. The van der Waals surface area contributed by atoms with Gasteiger partial charge in [-0.1, -0.05) is 36.4 Å². The van der Waals surface area contributed by atoms with Crippen LogP contribution < -0.4 is 0 Å². The fourth-order valence-corrected chi connectivity index (χ4v) is 2.82. The minimum atomic E-state index is 0. The second-order valence-electron chi connectivity index (χ2n) is 6.31. The van der Waals surface area contributed by atoms with Gasteiger partial charge in [0.05, 0.1) is 6.57 Å². The van der Waals surface area contributed by atoms with E-state index >= 15 is 0 Å². The molecular formula is C26H20N2Ni+. The molecule has 0 N–H and O–H groups in total. The number of pyridine rings is 1. The third kappa shape index (κ3) is 5.88. The maximum Gasteiger partial charge on any atom is 3.00 e. The van der Waals surface area contributed by atoms with Gasteiger partial charge in [0.25, 0.3) is 0 Å². The summed E-state index contributed by atoms with van der Waals surface area (Å²) in [4.78, 5) is 8.07. The molecule has 4 aromatic rings. The molecule has 29 heavy (non-hydrogen) atoms. The molecule has 4 rings (SSSR count). The van der Waals surface area contributed by atoms with Crippen molar-refractivity contribution < 1.29 is 16.5 Å². The maximum absolute atomic E-state index is 6.85. The molecule has 1 radical (unpaired) electrons. The summed E-state index contributed by atoms with van der Waals surface area (Å²) in [5, 5.41) is 0. The second kappa shape index (κ2) is 11.0. The van der Waals surface area contributed by atoms with Crippen molar-refractivity contribution in [1.29, 1.82) is 0 Å². The number of benzene rings is 3. The van der Waals surface area contributed by atoms with Crippen LogP contribution in [0.15, 0.2) is 84.9 Å². The van der Waals surface area contributed by atoms with E-state index in [9.17, 15) is 0 Å². The molecule has 3 aromatic carbocycles. The van der Waals surface area contributed by atoms with Gasteiger partial charge in [-0.3, -0.25) is 0 Å². The van der Waals surface area contributed by atoms with Gasteiger partial charge in [0.2, 0.25) is 0 Å². The summed E-state index contributed by atoms with van der Waals surface area (Å²) in [6, 6.07) is 34.0. The van der Waals surface area contributed by atoms with E-state index in [1.807, 2.05) is 98.8 Å². The molecule has 0 saturated carbocycles. The Labute approximate surface area is 183 Å². The van der Waals surface area contributed by atoms with Gasteiger partial charge < -0.3 is 4.98 Å². The van der Waals surface area contributed by atoms with Crippen molar-refractivity contribution in [2.24, 2.45) is 0 Å². The first kappa shape index (κ1) is 22.1. The summed E-state index contributed by atoms with van der Waals surface area (Å²) in [6.07, 6.45) is 0. The smallest absolute Gasteiger partial charge is 0.345 e. The Hall–Kier alpha value is -3.21. The zero-order chi connectivity index (χ0) is 19.8. The molecule has 3 heteroatoms. The van der Waals surface area contributed by atoms with E-state index in [2.05, 4.69) is 22.0 Å². The van der Waals surface area contributed by atoms with Crippen molar-refractivity contribution in [3.63, 3.8) is 0 Å². The van der Waals surface area contributed by atoms with Crippen LogP contribution in [-0.2, 0) is 16.5 Å². The Morgan fingerprint density at radius 2 is 1.17 bits per heavy atom. The van der Waals surface area contributed by atoms with E-state index in [0.29, 0.717) is 0 Å². The van der Waals surface area contributed by atoms with Crippen LogP contribution in [0.25, 0.3) is 27.4 Å². The van der Waals surface area contributed by atoms with E-state index in [0.717, 1.165) is 39.3 Å². The average Bonchev–Trinajstić information content (AvgIpc) is 2.76. The Balaban J connectivity index is 0.000000234. The summed E-state index contributed by atoms with van der Waals surface area (Å²) >= 11 is 0. The van der Waals surface area contributed by atoms with Gasteiger partial charge in [0.1, 0.15) is 0 Å². The molecule has 0 fully saturated rings. The van der Waals surface area contributed by atoms with Gasteiger partial charge in [-0.25, -0.2) is 4.85 Å². The minimum Gasteiger partial charge on any atom is -0.345 e. The van der Waals surface area contributed by atoms with Crippen LogP contribution in [0.3, 0.4) is 0 Å². The summed E-state index contributed by atoms with van der Waals surface area (Å²) in [5.74, 6) is 0. The third-order valence-electron chi connectivity index (χ3n) is 4.27. The van der Waals surface area contributed by atoms with Crippen LogP contribution in [-0.4, -0.2) is 4.98 Å². The van der Waals surface area contributed by atoms with Gasteiger partial charge in [-0.2, -0.15) is 0 Å². The van der Waals surface area contributed by atoms with E-state index in [1.165, 1.54) is 0 Å². The van der Waals surface area contributed by atoms with Crippen molar-refractivity contribution >= 4 is 5.69 Å². The molecule has 2 nitrogen and oxygen atoms in total. The maximum atomic E-state index is 6.85. The predicted octanol–water partition coefficient (Wildman–Crippen LogP) is 6.87. The fourth-order valence-electron chi connectivity index (χ4n) is 2.82. The van der Waals surface area contributed by atoms with E-state index < -0.39 is 0 Å². The van der Waals surface area contributed by atoms with Crippen LogP contribution in [0.4, 0.5) is 5.69 Å². The van der Waals surface area contributed by atoms with E-state index in [-0.39, 0.29) is 16.5 Å². The van der Waals surface area contributed by atoms with Gasteiger partial charge in [0.15, 0.2) is 5.69 Å². The van der Waals surface area contributed by atoms with Gasteiger partial charge in [-0.05, 0) is 36.4 Å². The first-order chi connectivity index (χ1) is 13.7. The Morgan fingerprint density at radius 3 is 1.55 bits per heavy atom. The van der Waals surface area contributed by atoms with Crippen molar-refractivity contribution in [2.45, 2.75) is 13.8 Å². The van der Waals surface area contributed by atoms with Crippen LogP contribution in [0.2, 0.25) is 0 Å². The van der Waals surface area contributed by atoms with Crippen molar-refractivity contribution in [1.82, 2.24) is 4.98 Å². The summed E-state index contributed by atoms with van der Waals surface area (Å²) in [5.41, 5.74) is 6.81. The molecule has 0 bridgehead atoms. The number of aryl methyl sites for hydroxylation is 2. The van der Waals surface area contributed by atoms with Crippen molar-refractivity contribution in [3.05, 3.63) is 120 Å². The molecule has 1 heterocycles. The zero-order valence-corrected chi connectivity index (χ0v) is 17.3. The van der Waals surface area contributed by atoms with E-state index in [1.54, 1.807) is 0 Å². The van der Waals surface area contributed by atoms with Crippen molar-refractivity contribution in [3.8, 4) is 22.5 Å². The molecule has 0 aliphatic carbocycles.